The molecule has 1 N–H and O–H groups in total. The number of nitrogens with zero attached hydrogens (tertiary/aromatic N) is 2. The van der Waals surface area contributed by atoms with Crippen LogP contribution >= 0.6 is 0 Å². The van der Waals surface area contributed by atoms with Crippen LogP contribution in [0.1, 0.15) is 42.5 Å². The van der Waals surface area contributed by atoms with Gasteiger partial charge in [-0.05, 0) is 34.6 Å². The topological polar surface area (TPSA) is 46.9 Å². The van der Waals surface area contributed by atoms with Gasteiger partial charge in [0.25, 0.3) is 5.91 Å². The SMILES string of the molecule is Cc1nn(C)c(C)c1C(=O)NC(C)(C)C. The van der Waals surface area contributed by atoms with Gasteiger partial charge in [-0.1, -0.05) is 0 Å². The molecule has 4 nitrogen and oxygen atoms in total. The molecule has 0 bridgehead atoms. The van der Waals surface area contributed by atoms with Crippen molar-refractivity contribution in [2.45, 2.75) is 40.2 Å². The second-order valence-corrected chi connectivity index (χ2v) is 4.87. The molecule has 15 heavy (non-hydrogen) atoms. The summed E-state index contributed by atoms with van der Waals surface area (Å²) >= 11 is 0. The lowest BCUT2D eigenvalue weighted by atomic mass is 10.1. The third-order valence-corrected chi connectivity index (χ3v) is 2.22. The van der Waals surface area contributed by atoms with E-state index in [1.54, 1.807) is 4.68 Å². The zero-order chi connectivity index (χ0) is 11.8. The van der Waals surface area contributed by atoms with Crippen molar-refractivity contribution < 1.29 is 4.79 Å². The first-order chi connectivity index (χ1) is 6.72. The van der Waals surface area contributed by atoms with Crippen molar-refractivity contribution in [2.24, 2.45) is 7.05 Å². The van der Waals surface area contributed by atoms with Crippen LogP contribution in [0.4, 0.5) is 0 Å². The van der Waals surface area contributed by atoms with Crippen molar-refractivity contribution in [1.29, 1.82) is 0 Å². The molecule has 4 heteroatoms. The molecule has 0 radical (unpaired) electrons. The molecular formula is C11H19N3O. The van der Waals surface area contributed by atoms with Crippen LogP contribution in [0, 0.1) is 13.8 Å². The first-order valence-corrected chi connectivity index (χ1v) is 5.05. The van der Waals surface area contributed by atoms with Crippen LogP contribution < -0.4 is 5.32 Å². The van der Waals surface area contributed by atoms with Gasteiger partial charge in [0.2, 0.25) is 0 Å². The maximum Gasteiger partial charge on any atom is 0.255 e. The van der Waals surface area contributed by atoms with Crippen LogP contribution in [-0.4, -0.2) is 21.2 Å². The molecule has 84 valence electrons. The van der Waals surface area contributed by atoms with Gasteiger partial charge in [0.1, 0.15) is 0 Å². The van der Waals surface area contributed by atoms with Gasteiger partial charge >= 0.3 is 0 Å². The third-order valence-electron chi connectivity index (χ3n) is 2.22. The Balaban J connectivity index is 3.02. The fourth-order valence-corrected chi connectivity index (χ4v) is 1.51. The zero-order valence-electron chi connectivity index (χ0n) is 10.3. The van der Waals surface area contributed by atoms with E-state index in [0.717, 1.165) is 11.4 Å². The number of hydrogen-bond acceptors (Lipinski definition) is 2. The fraction of sp³-hybridized carbons (Fsp3) is 0.636. The molecular weight excluding hydrogens is 190 g/mol. The average molecular weight is 209 g/mol. The van der Waals surface area contributed by atoms with Crippen molar-refractivity contribution in [3.63, 3.8) is 0 Å². The second-order valence-electron chi connectivity index (χ2n) is 4.87. The lowest BCUT2D eigenvalue weighted by molar-refractivity contribution is 0.0918. The summed E-state index contributed by atoms with van der Waals surface area (Å²) in [5, 5.41) is 7.16. The molecule has 0 aliphatic carbocycles. The number of amides is 1. The van der Waals surface area contributed by atoms with Crippen LogP contribution in [0.3, 0.4) is 0 Å². The van der Waals surface area contributed by atoms with E-state index in [9.17, 15) is 4.79 Å². The molecule has 1 rings (SSSR count). The van der Waals surface area contributed by atoms with Crippen molar-refractivity contribution in [3.8, 4) is 0 Å². The van der Waals surface area contributed by atoms with Crippen molar-refractivity contribution in [2.75, 3.05) is 0 Å². The summed E-state index contributed by atoms with van der Waals surface area (Å²) in [4.78, 5) is 12.0. The number of hydrogen-bond donors (Lipinski definition) is 1. The predicted molar refractivity (Wildman–Crippen MR) is 59.9 cm³/mol. The molecule has 0 spiro atoms. The number of aromatic nitrogens is 2. The Hall–Kier alpha value is -1.32. The highest BCUT2D eigenvalue weighted by Gasteiger charge is 2.21. The van der Waals surface area contributed by atoms with Gasteiger partial charge in [0, 0.05) is 18.3 Å². The number of carbonyl (C=O) groups excluding carboxylic acids is 1. The monoisotopic (exact) mass is 209 g/mol. The van der Waals surface area contributed by atoms with E-state index in [4.69, 9.17) is 0 Å². The highest BCUT2D eigenvalue weighted by molar-refractivity contribution is 5.96. The van der Waals surface area contributed by atoms with Gasteiger partial charge < -0.3 is 5.32 Å². The van der Waals surface area contributed by atoms with E-state index in [2.05, 4.69) is 10.4 Å². The number of aryl methyl sites for hydroxylation is 2. The van der Waals surface area contributed by atoms with Gasteiger partial charge in [-0.2, -0.15) is 5.10 Å². The molecule has 0 saturated carbocycles. The van der Waals surface area contributed by atoms with Crippen LogP contribution in [0.2, 0.25) is 0 Å². The summed E-state index contributed by atoms with van der Waals surface area (Å²) in [5.74, 6) is -0.0504. The fourth-order valence-electron chi connectivity index (χ4n) is 1.51. The lowest BCUT2D eigenvalue weighted by Crippen LogP contribution is -2.41. The Bertz CT molecular complexity index is 385. The molecule has 1 aromatic heterocycles. The molecule has 0 atom stereocenters. The van der Waals surface area contributed by atoms with Crippen LogP contribution in [0.15, 0.2) is 0 Å². The molecule has 1 amide bonds. The number of carbonyl (C=O) groups is 1. The Morgan fingerprint density at radius 3 is 2.20 bits per heavy atom. The van der Waals surface area contributed by atoms with Gasteiger partial charge in [0.15, 0.2) is 0 Å². The van der Waals surface area contributed by atoms with Crippen LogP contribution in [-0.2, 0) is 7.05 Å². The number of rotatable bonds is 1. The quantitative estimate of drug-likeness (QED) is 0.763. The maximum atomic E-state index is 12.0. The first-order valence-electron chi connectivity index (χ1n) is 5.05. The standard InChI is InChI=1S/C11H19N3O/c1-7-9(8(2)14(6)13-7)10(15)12-11(3,4)5/h1-6H3,(H,12,15). The van der Waals surface area contributed by atoms with E-state index in [1.165, 1.54) is 0 Å². The molecule has 0 saturated heterocycles. The van der Waals surface area contributed by atoms with Gasteiger partial charge in [-0.3, -0.25) is 9.48 Å². The van der Waals surface area contributed by atoms with E-state index in [1.807, 2.05) is 41.7 Å². The minimum absolute atomic E-state index is 0.0504. The zero-order valence-corrected chi connectivity index (χ0v) is 10.3. The maximum absolute atomic E-state index is 12.0. The minimum Gasteiger partial charge on any atom is -0.347 e. The summed E-state index contributed by atoms with van der Waals surface area (Å²) in [6.45, 7) is 9.64. The molecule has 0 aliphatic heterocycles. The van der Waals surface area contributed by atoms with E-state index >= 15 is 0 Å². The minimum atomic E-state index is -0.216. The smallest absolute Gasteiger partial charge is 0.255 e. The summed E-state index contributed by atoms with van der Waals surface area (Å²) in [6.07, 6.45) is 0. The summed E-state index contributed by atoms with van der Waals surface area (Å²) in [5.41, 5.74) is 2.14. The van der Waals surface area contributed by atoms with Gasteiger partial charge in [-0.25, -0.2) is 0 Å². The molecule has 0 aromatic carbocycles. The Morgan fingerprint density at radius 2 is 1.87 bits per heavy atom. The van der Waals surface area contributed by atoms with Crippen molar-refractivity contribution in [3.05, 3.63) is 17.0 Å². The summed E-state index contributed by atoms with van der Waals surface area (Å²) in [7, 11) is 1.84. The Kier molecular flexibility index (Phi) is 2.88. The average Bonchev–Trinajstić information content (AvgIpc) is 2.22. The highest BCUT2D eigenvalue weighted by atomic mass is 16.1. The molecule has 0 aliphatic rings. The lowest BCUT2D eigenvalue weighted by Gasteiger charge is -2.20. The van der Waals surface area contributed by atoms with E-state index < -0.39 is 0 Å². The Morgan fingerprint density at radius 1 is 1.33 bits per heavy atom. The summed E-state index contributed by atoms with van der Waals surface area (Å²) in [6, 6.07) is 0. The number of nitrogens with one attached hydrogen (secondary N) is 1. The predicted octanol–water partition coefficient (Wildman–Crippen LogP) is 1.57. The molecule has 0 unspecified atom stereocenters. The molecule has 1 heterocycles. The van der Waals surface area contributed by atoms with Crippen LogP contribution in [0.25, 0.3) is 0 Å². The van der Waals surface area contributed by atoms with Crippen molar-refractivity contribution in [1.82, 2.24) is 15.1 Å². The molecule has 1 aromatic rings. The van der Waals surface area contributed by atoms with Gasteiger partial charge in [0.05, 0.1) is 11.3 Å². The van der Waals surface area contributed by atoms with Crippen LogP contribution in [0.5, 0.6) is 0 Å². The Labute approximate surface area is 90.7 Å². The first kappa shape index (κ1) is 11.8. The van der Waals surface area contributed by atoms with E-state index in [-0.39, 0.29) is 11.4 Å². The summed E-state index contributed by atoms with van der Waals surface area (Å²) < 4.78 is 1.73. The van der Waals surface area contributed by atoms with E-state index in [0.29, 0.717) is 5.56 Å². The second kappa shape index (κ2) is 3.68. The largest absolute Gasteiger partial charge is 0.347 e. The molecule has 0 fully saturated rings. The van der Waals surface area contributed by atoms with Gasteiger partial charge in [-0.15, -0.1) is 0 Å². The normalized spacial score (nSPS) is 11.6. The van der Waals surface area contributed by atoms with Crippen molar-refractivity contribution >= 4 is 5.91 Å². The third kappa shape index (κ3) is 2.58. The highest BCUT2D eigenvalue weighted by Crippen LogP contribution is 2.13.